The van der Waals surface area contributed by atoms with Crippen molar-refractivity contribution in [3.63, 3.8) is 0 Å². The van der Waals surface area contributed by atoms with Crippen molar-refractivity contribution in [1.82, 2.24) is 14.9 Å². The zero-order valence-corrected chi connectivity index (χ0v) is 7.53. The molecule has 0 aliphatic heterocycles. The van der Waals surface area contributed by atoms with Crippen LogP contribution >= 0.6 is 0 Å². The monoisotopic (exact) mass is 167 g/mol. The van der Waals surface area contributed by atoms with Gasteiger partial charge in [-0.2, -0.15) is 0 Å². The van der Waals surface area contributed by atoms with E-state index in [2.05, 4.69) is 10.3 Å². The topological polar surface area (TPSA) is 46.9 Å². The Morgan fingerprint density at radius 3 is 2.75 bits per heavy atom. The van der Waals surface area contributed by atoms with Gasteiger partial charge in [-0.25, -0.2) is 4.98 Å². The molecule has 0 spiro atoms. The van der Waals surface area contributed by atoms with Crippen molar-refractivity contribution in [2.24, 2.45) is 7.05 Å². The number of nitrogens with one attached hydrogen (secondary N) is 1. The van der Waals surface area contributed by atoms with Crippen molar-refractivity contribution < 1.29 is 4.79 Å². The molecule has 0 atom stereocenters. The molecule has 0 aromatic carbocycles. The van der Waals surface area contributed by atoms with Crippen molar-refractivity contribution in [2.75, 3.05) is 0 Å². The lowest BCUT2D eigenvalue weighted by Crippen LogP contribution is -2.31. The molecular weight excluding hydrogens is 154 g/mol. The highest BCUT2D eigenvalue weighted by molar-refractivity contribution is 5.90. The third-order valence-electron chi connectivity index (χ3n) is 1.44. The van der Waals surface area contributed by atoms with Crippen molar-refractivity contribution in [1.29, 1.82) is 0 Å². The molecule has 1 N–H and O–H groups in total. The van der Waals surface area contributed by atoms with E-state index >= 15 is 0 Å². The van der Waals surface area contributed by atoms with Gasteiger partial charge in [0.25, 0.3) is 5.91 Å². The van der Waals surface area contributed by atoms with Gasteiger partial charge >= 0.3 is 0 Å². The van der Waals surface area contributed by atoms with Crippen molar-refractivity contribution in [3.05, 3.63) is 18.2 Å². The maximum Gasteiger partial charge on any atom is 0.287 e. The van der Waals surface area contributed by atoms with E-state index in [0.29, 0.717) is 5.82 Å². The van der Waals surface area contributed by atoms with Crippen LogP contribution in [0.3, 0.4) is 0 Å². The number of amides is 1. The molecule has 0 saturated carbocycles. The average Bonchev–Trinajstić information content (AvgIpc) is 2.33. The van der Waals surface area contributed by atoms with E-state index in [4.69, 9.17) is 0 Å². The molecule has 12 heavy (non-hydrogen) atoms. The van der Waals surface area contributed by atoms with Gasteiger partial charge in [-0.05, 0) is 13.8 Å². The van der Waals surface area contributed by atoms with Gasteiger partial charge in [0.15, 0.2) is 5.82 Å². The Labute approximate surface area is 71.6 Å². The van der Waals surface area contributed by atoms with E-state index in [1.807, 2.05) is 13.8 Å². The highest BCUT2D eigenvalue weighted by Gasteiger charge is 2.10. The third-order valence-corrected chi connectivity index (χ3v) is 1.44. The zero-order chi connectivity index (χ0) is 9.14. The molecule has 1 heterocycles. The molecule has 0 unspecified atom stereocenters. The molecule has 0 fully saturated rings. The van der Waals surface area contributed by atoms with Crippen molar-refractivity contribution >= 4 is 5.91 Å². The van der Waals surface area contributed by atoms with Gasteiger partial charge in [0.2, 0.25) is 0 Å². The Bertz CT molecular complexity index is 278. The summed E-state index contributed by atoms with van der Waals surface area (Å²) in [6, 6.07) is 0.147. The summed E-state index contributed by atoms with van der Waals surface area (Å²) in [7, 11) is 1.79. The number of hydrogen-bond donors (Lipinski definition) is 1. The van der Waals surface area contributed by atoms with E-state index in [1.54, 1.807) is 24.0 Å². The van der Waals surface area contributed by atoms with Gasteiger partial charge in [0.1, 0.15) is 0 Å². The highest BCUT2D eigenvalue weighted by atomic mass is 16.2. The first-order valence-electron chi connectivity index (χ1n) is 3.89. The molecule has 4 heteroatoms. The number of nitrogens with zero attached hydrogens (tertiary/aromatic N) is 2. The van der Waals surface area contributed by atoms with E-state index in [1.165, 1.54) is 0 Å². The first kappa shape index (κ1) is 8.77. The minimum Gasteiger partial charge on any atom is -0.347 e. The van der Waals surface area contributed by atoms with E-state index < -0.39 is 0 Å². The van der Waals surface area contributed by atoms with Gasteiger partial charge in [-0.3, -0.25) is 4.79 Å². The van der Waals surface area contributed by atoms with Gasteiger partial charge in [0.05, 0.1) is 0 Å². The molecule has 0 saturated heterocycles. The fourth-order valence-electron chi connectivity index (χ4n) is 0.911. The first-order valence-corrected chi connectivity index (χ1v) is 3.89. The van der Waals surface area contributed by atoms with Gasteiger partial charge < -0.3 is 9.88 Å². The number of carbonyl (C=O) groups excluding carboxylic acids is 1. The summed E-state index contributed by atoms with van der Waals surface area (Å²) in [6.45, 7) is 3.84. The summed E-state index contributed by atoms with van der Waals surface area (Å²) in [5.41, 5.74) is 0. The van der Waals surface area contributed by atoms with Crippen LogP contribution in [-0.2, 0) is 7.05 Å². The number of rotatable bonds is 2. The minimum atomic E-state index is -0.127. The van der Waals surface area contributed by atoms with Crippen LogP contribution in [0.4, 0.5) is 0 Å². The molecule has 1 amide bonds. The summed E-state index contributed by atoms with van der Waals surface area (Å²) in [6.07, 6.45) is 3.35. The molecule has 0 aliphatic carbocycles. The van der Waals surface area contributed by atoms with E-state index in [-0.39, 0.29) is 11.9 Å². The molecule has 66 valence electrons. The highest BCUT2D eigenvalue weighted by Crippen LogP contribution is 1.94. The fraction of sp³-hybridized carbons (Fsp3) is 0.500. The van der Waals surface area contributed by atoms with Gasteiger partial charge in [0, 0.05) is 25.5 Å². The smallest absolute Gasteiger partial charge is 0.287 e. The van der Waals surface area contributed by atoms with Crippen LogP contribution in [0.2, 0.25) is 0 Å². The Hall–Kier alpha value is -1.32. The Morgan fingerprint density at radius 2 is 2.33 bits per heavy atom. The van der Waals surface area contributed by atoms with Crippen molar-refractivity contribution in [2.45, 2.75) is 19.9 Å². The van der Waals surface area contributed by atoms with E-state index in [0.717, 1.165) is 0 Å². The van der Waals surface area contributed by atoms with Gasteiger partial charge in [-0.1, -0.05) is 0 Å². The standard InChI is InChI=1S/C8H13N3O/c1-6(2)10-8(12)7-9-4-5-11(7)3/h4-6H,1-3H3,(H,10,12). The molecule has 0 radical (unpaired) electrons. The minimum absolute atomic E-state index is 0.127. The fourth-order valence-corrected chi connectivity index (χ4v) is 0.911. The predicted molar refractivity (Wildman–Crippen MR) is 45.8 cm³/mol. The van der Waals surface area contributed by atoms with Crippen LogP contribution in [0.15, 0.2) is 12.4 Å². The van der Waals surface area contributed by atoms with Crippen LogP contribution in [-0.4, -0.2) is 21.5 Å². The number of hydrogen-bond acceptors (Lipinski definition) is 2. The third kappa shape index (κ3) is 1.84. The molecular formula is C8H13N3O. The molecule has 1 aromatic heterocycles. The number of imidazole rings is 1. The lowest BCUT2D eigenvalue weighted by atomic mass is 10.4. The Morgan fingerprint density at radius 1 is 1.67 bits per heavy atom. The maximum absolute atomic E-state index is 11.3. The Kier molecular flexibility index (Phi) is 2.47. The molecule has 1 aromatic rings. The average molecular weight is 167 g/mol. The van der Waals surface area contributed by atoms with Crippen LogP contribution in [0.25, 0.3) is 0 Å². The SMILES string of the molecule is CC(C)NC(=O)c1nccn1C. The zero-order valence-electron chi connectivity index (χ0n) is 7.53. The van der Waals surface area contributed by atoms with Crippen LogP contribution in [0, 0.1) is 0 Å². The molecule has 4 nitrogen and oxygen atoms in total. The molecule has 0 bridgehead atoms. The van der Waals surface area contributed by atoms with Crippen molar-refractivity contribution in [3.8, 4) is 0 Å². The van der Waals surface area contributed by atoms with Crippen LogP contribution in [0.1, 0.15) is 24.5 Å². The maximum atomic E-state index is 11.3. The second-order valence-corrected chi connectivity index (χ2v) is 2.99. The van der Waals surface area contributed by atoms with Crippen LogP contribution in [0.5, 0.6) is 0 Å². The lowest BCUT2D eigenvalue weighted by molar-refractivity contribution is 0.0929. The Balaban J connectivity index is 2.72. The quantitative estimate of drug-likeness (QED) is 0.699. The summed E-state index contributed by atoms with van der Waals surface area (Å²) in [5, 5.41) is 2.76. The summed E-state index contributed by atoms with van der Waals surface area (Å²) in [4.78, 5) is 15.3. The predicted octanol–water partition coefficient (Wildman–Crippen LogP) is 0.558. The van der Waals surface area contributed by atoms with Gasteiger partial charge in [-0.15, -0.1) is 0 Å². The normalized spacial score (nSPS) is 10.3. The second kappa shape index (κ2) is 3.38. The summed E-state index contributed by atoms with van der Waals surface area (Å²) in [5.74, 6) is 0.321. The largest absolute Gasteiger partial charge is 0.347 e. The molecule has 1 rings (SSSR count). The summed E-state index contributed by atoms with van der Waals surface area (Å²) >= 11 is 0. The number of aryl methyl sites for hydroxylation is 1. The molecule has 0 aliphatic rings. The lowest BCUT2D eigenvalue weighted by Gasteiger charge is -2.07. The first-order chi connectivity index (χ1) is 5.61. The number of aromatic nitrogens is 2. The summed E-state index contributed by atoms with van der Waals surface area (Å²) < 4.78 is 1.69. The number of carbonyl (C=O) groups is 1. The van der Waals surface area contributed by atoms with Crippen LogP contribution < -0.4 is 5.32 Å². The van der Waals surface area contributed by atoms with E-state index in [9.17, 15) is 4.79 Å². The second-order valence-electron chi connectivity index (χ2n) is 2.99.